The normalized spacial score (nSPS) is 21.9. The van der Waals surface area contributed by atoms with E-state index in [4.69, 9.17) is 4.74 Å². The second-order valence-corrected chi connectivity index (χ2v) is 16.9. The molecule has 0 bridgehead atoms. The first-order valence-electron chi connectivity index (χ1n) is 16.4. The van der Waals surface area contributed by atoms with E-state index < -0.39 is 0 Å². The highest BCUT2D eigenvalue weighted by Crippen LogP contribution is 2.47. The molecule has 2 aromatic rings. The standard InChI is InChI=1S/C18H28OS2.C17H25NO2S2/c1-3-4-5-6-7-8-15-13-20-18(21-14-15)16-9-11-17(19-2)12-10-16;1-2-3-4-5-6-7-14-12-21-17(22-13-14)15-8-10-16(11-9-15)18(19)20/h9-12,15,18H,3-8,13-14H2,1-2H3;8-11,14,17H,2-7,12-13H2,1H3. The average Bonchev–Trinajstić information content (AvgIpc) is 3.05. The zero-order valence-electron chi connectivity index (χ0n) is 26.5. The molecule has 0 saturated carbocycles. The maximum absolute atomic E-state index is 10.7. The van der Waals surface area contributed by atoms with Crippen LogP contribution >= 0.6 is 47.0 Å². The molecule has 2 aromatic carbocycles. The van der Waals surface area contributed by atoms with E-state index in [1.807, 2.05) is 35.7 Å². The molecule has 0 spiro atoms. The maximum atomic E-state index is 10.7. The lowest BCUT2D eigenvalue weighted by Gasteiger charge is -2.28. The van der Waals surface area contributed by atoms with E-state index in [1.165, 1.54) is 111 Å². The van der Waals surface area contributed by atoms with Crippen molar-refractivity contribution in [3.05, 3.63) is 69.8 Å². The second-order valence-electron chi connectivity index (χ2n) is 11.8. The van der Waals surface area contributed by atoms with Crippen molar-refractivity contribution in [3.63, 3.8) is 0 Å². The van der Waals surface area contributed by atoms with Crippen LogP contribution < -0.4 is 4.74 Å². The largest absolute Gasteiger partial charge is 0.497 e. The van der Waals surface area contributed by atoms with Gasteiger partial charge >= 0.3 is 0 Å². The highest BCUT2D eigenvalue weighted by atomic mass is 32.2. The SMILES string of the molecule is CCCCCCCC1CSC(c2ccc(OC)cc2)SC1.CCCCCCCC1CSC(c2ccc([N+](=O)[O-])cc2)SC1. The molecule has 0 radical (unpaired) electrons. The number of methoxy groups -OCH3 is 1. The Labute approximate surface area is 278 Å². The predicted molar refractivity (Wildman–Crippen MR) is 195 cm³/mol. The van der Waals surface area contributed by atoms with Crippen molar-refractivity contribution in [1.82, 2.24) is 0 Å². The van der Waals surface area contributed by atoms with Gasteiger partial charge in [-0.2, -0.15) is 0 Å². The predicted octanol–water partition coefficient (Wildman–Crippen LogP) is 12.2. The zero-order chi connectivity index (χ0) is 30.7. The van der Waals surface area contributed by atoms with E-state index in [2.05, 4.69) is 61.6 Å². The van der Waals surface area contributed by atoms with Crippen LogP contribution in [0.3, 0.4) is 0 Å². The Morgan fingerprint density at radius 2 is 1.05 bits per heavy atom. The number of benzene rings is 2. The molecule has 0 amide bonds. The van der Waals surface area contributed by atoms with Gasteiger partial charge in [0.25, 0.3) is 5.69 Å². The number of nitro benzene ring substituents is 1. The zero-order valence-corrected chi connectivity index (χ0v) is 29.8. The monoisotopic (exact) mass is 663 g/mol. The third-order valence-electron chi connectivity index (χ3n) is 8.13. The van der Waals surface area contributed by atoms with Crippen molar-refractivity contribution in [1.29, 1.82) is 0 Å². The van der Waals surface area contributed by atoms with E-state index in [9.17, 15) is 10.1 Å². The summed E-state index contributed by atoms with van der Waals surface area (Å²) < 4.78 is 6.29. The van der Waals surface area contributed by atoms with Crippen LogP contribution in [0.2, 0.25) is 0 Å². The summed E-state index contributed by atoms with van der Waals surface area (Å²) in [5.74, 6) is 7.83. The number of rotatable bonds is 16. The van der Waals surface area contributed by atoms with Gasteiger partial charge in [0.2, 0.25) is 0 Å². The van der Waals surface area contributed by atoms with Gasteiger partial charge in [0, 0.05) is 12.1 Å². The first-order valence-corrected chi connectivity index (χ1v) is 20.6. The minimum absolute atomic E-state index is 0.180. The van der Waals surface area contributed by atoms with Crippen molar-refractivity contribution >= 4 is 52.7 Å². The van der Waals surface area contributed by atoms with Crippen LogP contribution in [0.1, 0.15) is 111 Å². The van der Waals surface area contributed by atoms with Crippen LogP contribution in [0.5, 0.6) is 5.75 Å². The average molecular weight is 664 g/mol. The first-order chi connectivity index (χ1) is 21.0. The van der Waals surface area contributed by atoms with Gasteiger partial charge in [-0.1, -0.05) is 102 Å². The smallest absolute Gasteiger partial charge is 0.269 e. The lowest BCUT2D eigenvalue weighted by molar-refractivity contribution is -0.384. The van der Waals surface area contributed by atoms with E-state index >= 15 is 0 Å². The summed E-state index contributed by atoms with van der Waals surface area (Å²) in [5.41, 5.74) is 2.83. The van der Waals surface area contributed by atoms with E-state index in [0.717, 1.165) is 17.6 Å². The fourth-order valence-electron chi connectivity index (χ4n) is 5.39. The van der Waals surface area contributed by atoms with Crippen LogP contribution in [0.15, 0.2) is 48.5 Å². The van der Waals surface area contributed by atoms with Crippen LogP contribution in [-0.4, -0.2) is 35.0 Å². The third kappa shape index (κ3) is 13.9. The first kappa shape index (κ1) is 36.5. The van der Waals surface area contributed by atoms with E-state index in [-0.39, 0.29) is 10.6 Å². The summed E-state index contributed by atoms with van der Waals surface area (Å²) in [6.45, 7) is 4.54. The maximum Gasteiger partial charge on any atom is 0.269 e. The molecule has 2 saturated heterocycles. The Bertz CT molecular complexity index is 1000. The molecule has 2 aliphatic rings. The summed E-state index contributed by atoms with van der Waals surface area (Å²) in [6, 6.07) is 15.7. The van der Waals surface area contributed by atoms with Crippen molar-refractivity contribution in [2.45, 2.75) is 100 Å². The molecule has 240 valence electrons. The molecule has 2 heterocycles. The quantitative estimate of drug-likeness (QED) is 0.101. The molecule has 0 aliphatic carbocycles. The highest BCUT2D eigenvalue weighted by molar-refractivity contribution is 8.17. The lowest BCUT2D eigenvalue weighted by Crippen LogP contribution is -2.14. The van der Waals surface area contributed by atoms with Gasteiger partial charge in [0.1, 0.15) is 5.75 Å². The Morgan fingerprint density at radius 1 is 0.651 bits per heavy atom. The molecular formula is C35H53NO3S4. The second kappa shape index (κ2) is 21.7. The molecule has 0 atom stereocenters. The summed E-state index contributed by atoms with van der Waals surface area (Å²) >= 11 is 8.26. The molecule has 0 N–H and O–H groups in total. The Morgan fingerprint density at radius 3 is 1.42 bits per heavy atom. The van der Waals surface area contributed by atoms with Crippen molar-refractivity contribution in [3.8, 4) is 5.75 Å². The van der Waals surface area contributed by atoms with Gasteiger partial charge in [0.15, 0.2) is 0 Å². The Balaban J connectivity index is 0.000000236. The topological polar surface area (TPSA) is 52.4 Å². The van der Waals surface area contributed by atoms with Crippen molar-refractivity contribution in [2.75, 3.05) is 30.1 Å². The molecule has 4 nitrogen and oxygen atoms in total. The molecule has 2 fully saturated rings. The molecular weight excluding hydrogens is 611 g/mol. The van der Waals surface area contributed by atoms with Gasteiger partial charge < -0.3 is 4.74 Å². The van der Waals surface area contributed by atoms with Gasteiger partial charge in [0.05, 0.1) is 21.2 Å². The molecule has 0 unspecified atom stereocenters. The molecule has 8 heteroatoms. The van der Waals surface area contributed by atoms with Crippen molar-refractivity contribution in [2.24, 2.45) is 11.8 Å². The Hall–Kier alpha value is -0.960. The van der Waals surface area contributed by atoms with Gasteiger partial charge in [-0.15, -0.1) is 47.0 Å². The highest BCUT2D eigenvalue weighted by Gasteiger charge is 2.24. The number of unbranched alkanes of at least 4 members (excludes halogenated alkanes) is 8. The summed E-state index contributed by atoms with van der Waals surface area (Å²) in [6.07, 6.45) is 16.7. The minimum atomic E-state index is -0.334. The number of nitro groups is 1. The molecule has 4 rings (SSSR count). The number of non-ortho nitro benzene ring substituents is 1. The minimum Gasteiger partial charge on any atom is -0.497 e. The molecule has 43 heavy (non-hydrogen) atoms. The summed E-state index contributed by atoms with van der Waals surface area (Å²) in [4.78, 5) is 10.4. The van der Waals surface area contributed by atoms with E-state index in [1.54, 1.807) is 19.2 Å². The molecule has 2 aliphatic heterocycles. The molecule has 0 aromatic heterocycles. The number of hydrogen-bond donors (Lipinski definition) is 0. The lowest BCUT2D eigenvalue weighted by atomic mass is 10.0. The van der Waals surface area contributed by atoms with Crippen LogP contribution in [0.25, 0.3) is 0 Å². The number of nitrogens with zero attached hydrogens (tertiary/aromatic N) is 1. The third-order valence-corrected chi connectivity index (χ3v) is 14.7. The van der Waals surface area contributed by atoms with Gasteiger partial charge in [-0.25, -0.2) is 0 Å². The summed E-state index contributed by atoms with van der Waals surface area (Å²) in [7, 11) is 1.73. The van der Waals surface area contributed by atoms with Gasteiger partial charge in [-0.3, -0.25) is 10.1 Å². The number of thioether (sulfide) groups is 4. The van der Waals surface area contributed by atoms with Gasteiger partial charge in [-0.05, 0) is 70.9 Å². The summed E-state index contributed by atoms with van der Waals surface area (Å²) in [5, 5.41) is 10.7. The fraction of sp³-hybridized carbons (Fsp3) is 0.657. The fourth-order valence-corrected chi connectivity index (χ4v) is 11.7. The van der Waals surface area contributed by atoms with Crippen LogP contribution in [-0.2, 0) is 0 Å². The van der Waals surface area contributed by atoms with Crippen molar-refractivity contribution < 1.29 is 9.66 Å². The number of ether oxygens (including phenoxy) is 1. The Kier molecular flexibility index (Phi) is 18.4. The van der Waals surface area contributed by atoms with Crippen LogP contribution in [0.4, 0.5) is 5.69 Å². The number of hydrogen-bond acceptors (Lipinski definition) is 7. The van der Waals surface area contributed by atoms with Crippen LogP contribution in [0, 0.1) is 22.0 Å². The van der Waals surface area contributed by atoms with E-state index in [0.29, 0.717) is 9.16 Å².